The molecule has 0 aliphatic rings. The van der Waals surface area contributed by atoms with Crippen molar-refractivity contribution < 1.29 is 4.92 Å². The molecule has 5 nitrogen and oxygen atoms in total. The molecule has 0 aliphatic heterocycles. The Labute approximate surface area is 125 Å². The summed E-state index contributed by atoms with van der Waals surface area (Å²) < 4.78 is 0. The van der Waals surface area contributed by atoms with Crippen LogP contribution in [0.5, 0.6) is 0 Å². The number of benzene rings is 2. The van der Waals surface area contributed by atoms with Crippen LogP contribution < -0.4 is 5.32 Å². The molecule has 1 N–H and O–H groups in total. The number of pyridine rings is 1. The second-order valence-electron chi connectivity index (χ2n) is 4.44. The van der Waals surface area contributed by atoms with Crippen LogP contribution in [0.1, 0.15) is 0 Å². The number of non-ortho nitro benzene ring substituents is 1. The maximum absolute atomic E-state index is 10.6. The third-order valence-electron chi connectivity index (χ3n) is 3.02. The Kier molecular flexibility index (Phi) is 3.41. The van der Waals surface area contributed by atoms with Crippen molar-refractivity contribution in [3.63, 3.8) is 0 Å². The van der Waals surface area contributed by atoms with E-state index in [9.17, 15) is 10.1 Å². The first-order valence-corrected chi connectivity index (χ1v) is 6.58. The molecule has 0 unspecified atom stereocenters. The highest BCUT2D eigenvalue weighted by Crippen LogP contribution is 2.27. The van der Waals surface area contributed by atoms with E-state index in [1.165, 1.54) is 12.1 Å². The first-order chi connectivity index (χ1) is 10.1. The number of aromatic nitrogens is 1. The first-order valence-electron chi connectivity index (χ1n) is 6.20. The number of halogens is 1. The number of nitro benzene ring substituents is 1. The molecule has 1 heterocycles. The van der Waals surface area contributed by atoms with Gasteiger partial charge in [-0.2, -0.15) is 0 Å². The number of nitro groups is 1. The Hall–Kier alpha value is -2.66. The Balaban J connectivity index is 1.92. The molecule has 3 rings (SSSR count). The van der Waals surface area contributed by atoms with Gasteiger partial charge in [-0.15, -0.1) is 0 Å². The van der Waals surface area contributed by atoms with Crippen molar-refractivity contribution in [2.24, 2.45) is 0 Å². The predicted octanol–water partition coefficient (Wildman–Crippen LogP) is 4.54. The summed E-state index contributed by atoms with van der Waals surface area (Å²) in [5, 5.41) is 15.2. The number of fused-ring (bicyclic) bond motifs is 1. The number of nitrogens with one attached hydrogen (secondary N) is 1. The van der Waals surface area contributed by atoms with Gasteiger partial charge in [-0.1, -0.05) is 29.8 Å². The fourth-order valence-electron chi connectivity index (χ4n) is 2.01. The van der Waals surface area contributed by atoms with Gasteiger partial charge in [0, 0.05) is 29.3 Å². The van der Waals surface area contributed by atoms with Crippen molar-refractivity contribution in [1.82, 2.24) is 4.98 Å². The largest absolute Gasteiger partial charge is 0.340 e. The van der Waals surface area contributed by atoms with Crippen molar-refractivity contribution in [3.8, 4) is 0 Å². The first kappa shape index (κ1) is 13.3. The van der Waals surface area contributed by atoms with Crippen LogP contribution in [0.4, 0.5) is 17.2 Å². The third-order valence-corrected chi connectivity index (χ3v) is 3.33. The normalized spacial score (nSPS) is 10.5. The molecule has 0 atom stereocenters. The van der Waals surface area contributed by atoms with Gasteiger partial charge in [0.05, 0.1) is 15.5 Å². The van der Waals surface area contributed by atoms with Gasteiger partial charge in [0.2, 0.25) is 0 Å². The number of rotatable bonds is 3. The molecule has 21 heavy (non-hydrogen) atoms. The van der Waals surface area contributed by atoms with E-state index in [0.29, 0.717) is 16.5 Å². The minimum absolute atomic E-state index is 0.0463. The lowest BCUT2D eigenvalue weighted by Crippen LogP contribution is -1.95. The zero-order chi connectivity index (χ0) is 14.8. The smallest absolute Gasteiger partial charge is 0.269 e. The molecule has 1 aromatic heterocycles. The zero-order valence-electron chi connectivity index (χ0n) is 10.8. The van der Waals surface area contributed by atoms with Gasteiger partial charge in [-0.25, -0.2) is 4.98 Å². The second-order valence-corrected chi connectivity index (χ2v) is 4.84. The lowest BCUT2D eigenvalue weighted by Gasteiger charge is -2.08. The summed E-state index contributed by atoms with van der Waals surface area (Å²) in [5.41, 5.74) is 1.54. The molecule has 0 saturated carbocycles. The third kappa shape index (κ3) is 2.78. The van der Waals surface area contributed by atoms with E-state index in [1.54, 1.807) is 18.2 Å². The maximum Gasteiger partial charge on any atom is 0.269 e. The van der Waals surface area contributed by atoms with Crippen LogP contribution in [-0.4, -0.2) is 9.91 Å². The van der Waals surface area contributed by atoms with E-state index in [2.05, 4.69) is 10.3 Å². The molecule has 0 amide bonds. The number of anilines is 2. The van der Waals surface area contributed by atoms with Crippen LogP contribution in [0.25, 0.3) is 10.9 Å². The van der Waals surface area contributed by atoms with Crippen molar-refractivity contribution in [1.29, 1.82) is 0 Å². The molecule has 0 aliphatic carbocycles. The molecule has 6 heteroatoms. The Morgan fingerprint density at radius 1 is 1.10 bits per heavy atom. The van der Waals surface area contributed by atoms with Crippen LogP contribution >= 0.6 is 11.6 Å². The van der Waals surface area contributed by atoms with Gasteiger partial charge in [0.1, 0.15) is 5.82 Å². The number of nitrogens with zero attached hydrogens (tertiary/aromatic N) is 2. The summed E-state index contributed by atoms with van der Waals surface area (Å²) in [6.07, 6.45) is 0. The second kappa shape index (κ2) is 5.38. The Morgan fingerprint density at radius 3 is 2.52 bits per heavy atom. The van der Waals surface area contributed by atoms with Crippen LogP contribution in [0.2, 0.25) is 5.02 Å². The van der Waals surface area contributed by atoms with Gasteiger partial charge in [0.15, 0.2) is 0 Å². The molecular weight excluding hydrogens is 290 g/mol. The Bertz CT molecular complexity index is 819. The van der Waals surface area contributed by atoms with E-state index in [-0.39, 0.29) is 5.69 Å². The van der Waals surface area contributed by atoms with Gasteiger partial charge >= 0.3 is 0 Å². The number of para-hydroxylation sites is 1. The average Bonchev–Trinajstić information content (AvgIpc) is 2.48. The minimum Gasteiger partial charge on any atom is -0.340 e. The Morgan fingerprint density at radius 2 is 1.81 bits per heavy atom. The minimum atomic E-state index is -0.436. The molecule has 0 spiro atoms. The summed E-state index contributed by atoms with van der Waals surface area (Å²) in [5.74, 6) is 0.590. The fourth-order valence-corrected chi connectivity index (χ4v) is 2.27. The SMILES string of the molecule is O=[N+]([O-])c1ccc(Nc2cc(Cl)c3ccccc3n2)cc1. The van der Waals surface area contributed by atoms with Crippen LogP contribution in [-0.2, 0) is 0 Å². The predicted molar refractivity (Wildman–Crippen MR) is 83.1 cm³/mol. The van der Waals surface area contributed by atoms with Gasteiger partial charge in [-0.05, 0) is 18.2 Å². The molecule has 104 valence electrons. The highest BCUT2D eigenvalue weighted by atomic mass is 35.5. The average molecular weight is 300 g/mol. The summed E-state index contributed by atoms with van der Waals surface area (Å²) in [6, 6.07) is 15.4. The monoisotopic (exact) mass is 299 g/mol. The van der Waals surface area contributed by atoms with Gasteiger partial charge in [-0.3, -0.25) is 10.1 Å². The number of hydrogen-bond acceptors (Lipinski definition) is 4. The highest BCUT2D eigenvalue weighted by Gasteiger charge is 2.06. The molecule has 2 aromatic carbocycles. The zero-order valence-corrected chi connectivity index (χ0v) is 11.5. The van der Waals surface area contributed by atoms with Crippen molar-refractivity contribution in [3.05, 3.63) is 69.7 Å². The molecule has 3 aromatic rings. The molecule has 0 saturated heterocycles. The quantitative estimate of drug-likeness (QED) is 0.569. The van der Waals surface area contributed by atoms with Gasteiger partial charge in [0.25, 0.3) is 5.69 Å². The summed E-state index contributed by atoms with van der Waals surface area (Å²) in [4.78, 5) is 14.6. The fraction of sp³-hybridized carbons (Fsp3) is 0. The van der Waals surface area contributed by atoms with E-state index < -0.39 is 4.92 Å². The number of hydrogen-bond donors (Lipinski definition) is 1. The molecule has 0 fully saturated rings. The van der Waals surface area contributed by atoms with Crippen LogP contribution in [0.15, 0.2) is 54.6 Å². The molecule has 0 radical (unpaired) electrons. The van der Waals surface area contributed by atoms with E-state index >= 15 is 0 Å². The molecular formula is C15H10ClN3O2. The van der Waals surface area contributed by atoms with Crippen LogP contribution in [0, 0.1) is 10.1 Å². The van der Waals surface area contributed by atoms with Crippen LogP contribution in [0.3, 0.4) is 0 Å². The van der Waals surface area contributed by atoms with E-state index in [4.69, 9.17) is 11.6 Å². The maximum atomic E-state index is 10.6. The topological polar surface area (TPSA) is 68.1 Å². The van der Waals surface area contributed by atoms with Crippen molar-refractivity contribution in [2.45, 2.75) is 0 Å². The molecule has 0 bridgehead atoms. The van der Waals surface area contributed by atoms with Gasteiger partial charge < -0.3 is 5.32 Å². The lowest BCUT2D eigenvalue weighted by atomic mass is 10.2. The van der Waals surface area contributed by atoms with E-state index in [0.717, 1.165) is 10.9 Å². The lowest BCUT2D eigenvalue weighted by molar-refractivity contribution is -0.384. The summed E-state index contributed by atoms with van der Waals surface area (Å²) >= 11 is 6.23. The van der Waals surface area contributed by atoms with Crippen molar-refractivity contribution in [2.75, 3.05) is 5.32 Å². The summed E-state index contributed by atoms with van der Waals surface area (Å²) in [7, 11) is 0. The standard InChI is InChI=1S/C15H10ClN3O2/c16-13-9-15(18-14-4-2-1-3-12(13)14)17-10-5-7-11(8-6-10)19(20)21/h1-9H,(H,17,18). The van der Waals surface area contributed by atoms with E-state index in [1.807, 2.05) is 24.3 Å². The highest BCUT2D eigenvalue weighted by molar-refractivity contribution is 6.35. The van der Waals surface area contributed by atoms with Crippen molar-refractivity contribution >= 4 is 39.7 Å². The summed E-state index contributed by atoms with van der Waals surface area (Å²) in [6.45, 7) is 0.